The first-order valence-electron chi connectivity index (χ1n) is 11.9. The van der Waals surface area contributed by atoms with Gasteiger partial charge in [-0.3, -0.25) is 19.4 Å². The number of piperazine rings is 1. The van der Waals surface area contributed by atoms with Crippen LogP contribution in [0, 0.1) is 5.82 Å². The van der Waals surface area contributed by atoms with Crippen LogP contribution in [0.1, 0.15) is 24.1 Å². The zero-order valence-electron chi connectivity index (χ0n) is 19.9. The lowest BCUT2D eigenvalue weighted by Crippen LogP contribution is -2.55. The number of anilines is 1. The van der Waals surface area contributed by atoms with Gasteiger partial charge in [0.15, 0.2) is 0 Å². The molecule has 1 atom stereocenters. The molecule has 6 nitrogen and oxygen atoms in total. The number of carbonyl (C=O) groups is 2. The smallest absolute Gasteiger partial charge is 0.238 e. The quantitative estimate of drug-likeness (QED) is 0.523. The van der Waals surface area contributed by atoms with Crippen LogP contribution in [-0.4, -0.2) is 60.4 Å². The average molecular weight is 475 g/mol. The van der Waals surface area contributed by atoms with Gasteiger partial charge in [0.1, 0.15) is 5.82 Å². The van der Waals surface area contributed by atoms with E-state index in [4.69, 9.17) is 0 Å². The third-order valence-corrected chi connectivity index (χ3v) is 6.36. The first-order valence-corrected chi connectivity index (χ1v) is 11.9. The summed E-state index contributed by atoms with van der Waals surface area (Å²) < 4.78 is 13.3. The predicted octanol–water partition coefficient (Wildman–Crippen LogP) is 3.68. The van der Waals surface area contributed by atoms with Crippen LogP contribution < -0.4 is 10.6 Å². The second kappa shape index (κ2) is 11.7. The Bertz CT molecular complexity index is 1080. The molecule has 0 unspecified atom stereocenters. The van der Waals surface area contributed by atoms with Gasteiger partial charge in [0.2, 0.25) is 11.8 Å². The van der Waals surface area contributed by atoms with E-state index in [0.717, 1.165) is 11.1 Å². The third kappa shape index (κ3) is 6.74. The maximum atomic E-state index is 13.3. The van der Waals surface area contributed by atoms with Crippen molar-refractivity contribution < 1.29 is 14.0 Å². The van der Waals surface area contributed by atoms with Gasteiger partial charge in [-0.05, 0) is 36.2 Å². The molecule has 3 aromatic rings. The Morgan fingerprint density at radius 1 is 0.857 bits per heavy atom. The van der Waals surface area contributed by atoms with Crippen molar-refractivity contribution in [3.05, 3.63) is 102 Å². The van der Waals surface area contributed by atoms with Gasteiger partial charge in [-0.1, -0.05) is 66.7 Å². The fraction of sp³-hybridized carbons (Fsp3) is 0.286. The van der Waals surface area contributed by atoms with Crippen LogP contribution in [0.5, 0.6) is 0 Å². The van der Waals surface area contributed by atoms with Gasteiger partial charge in [0.05, 0.1) is 18.6 Å². The first kappa shape index (κ1) is 24.6. The molecule has 0 aromatic heterocycles. The van der Waals surface area contributed by atoms with Crippen LogP contribution in [0.3, 0.4) is 0 Å². The van der Waals surface area contributed by atoms with Gasteiger partial charge in [-0.15, -0.1) is 0 Å². The molecular formula is C28H31FN4O2. The molecular weight excluding hydrogens is 443 g/mol. The highest BCUT2D eigenvalue weighted by Gasteiger charge is 2.28. The van der Waals surface area contributed by atoms with E-state index in [1.165, 1.54) is 12.1 Å². The molecule has 0 bridgehead atoms. The number of nitrogens with zero attached hydrogens (tertiary/aromatic N) is 2. The molecule has 1 aliphatic heterocycles. The number of rotatable bonds is 8. The molecule has 4 rings (SSSR count). The van der Waals surface area contributed by atoms with Crippen molar-refractivity contribution in [1.29, 1.82) is 0 Å². The summed E-state index contributed by atoms with van der Waals surface area (Å²) in [4.78, 5) is 29.8. The third-order valence-electron chi connectivity index (χ3n) is 6.36. The first-order chi connectivity index (χ1) is 17.0. The molecule has 1 saturated heterocycles. The molecule has 0 spiro atoms. The number of hydrogen-bond acceptors (Lipinski definition) is 4. The lowest BCUT2D eigenvalue weighted by atomic mass is 9.98. The monoisotopic (exact) mass is 474 g/mol. The highest BCUT2D eigenvalue weighted by atomic mass is 19.1. The molecule has 0 aliphatic carbocycles. The molecule has 3 aromatic carbocycles. The van der Waals surface area contributed by atoms with Crippen LogP contribution in [0.15, 0.2) is 84.9 Å². The van der Waals surface area contributed by atoms with E-state index >= 15 is 0 Å². The number of carbonyl (C=O) groups excluding carboxylic acids is 2. The maximum Gasteiger partial charge on any atom is 0.238 e. The van der Waals surface area contributed by atoms with E-state index in [1.807, 2.05) is 72.5 Å². The van der Waals surface area contributed by atoms with Crippen molar-refractivity contribution in [3.8, 4) is 0 Å². The average Bonchev–Trinajstić information content (AvgIpc) is 2.88. The Kier molecular flexibility index (Phi) is 8.23. The van der Waals surface area contributed by atoms with Gasteiger partial charge < -0.3 is 10.6 Å². The molecule has 2 N–H and O–H groups in total. The minimum atomic E-state index is -0.384. The maximum absolute atomic E-state index is 13.3. The lowest BCUT2D eigenvalue weighted by molar-refractivity contribution is -0.127. The summed E-state index contributed by atoms with van der Waals surface area (Å²) in [5, 5.41) is 5.97. The molecule has 1 fully saturated rings. The van der Waals surface area contributed by atoms with E-state index in [0.29, 0.717) is 31.9 Å². The molecule has 1 aliphatic rings. The van der Waals surface area contributed by atoms with Crippen molar-refractivity contribution in [1.82, 2.24) is 15.1 Å². The number of benzene rings is 3. The molecule has 0 radical (unpaired) electrons. The van der Waals surface area contributed by atoms with Crippen LogP contribution >= 0.6 is 0 Å². The minimum absolute atomic E-state index is 0.0278. The Balaban J connectivity index is 1.30. The van der Waals surface area contributed by atoms with Crippen LogP contribution in [0.4, 0.5) is 10.1 Å². The topological polar surface area (TPSA) is 64.7 Å². The number of hydrogen-bond donors (Lipinski definition) is 2. The summed E-state index contributed by atoms with van der Waals surface area (Å²) in [6.45, 7) is 4.88. The van der Waals surface area contributed by atoms with E-state index in [-0.39, 0.29) is 36.3 Å². The zero-order chi connectivity index (χ0) is 24.6. The van der Waals surface area contributed by atoms with Crippen molar-refractivity contribution >= 4 is 17.5 Å². The molecule has 2 amide bonds. The minimum Gasteiger partial charge on any atom is -0.344 e. The Labute approximate surface area is 205 Å². The summed E-state index contributed by atoms with van der Waals surface area (Å²) in [5.74, 6) is -0.589. The molecule has 182 valence electrons. The predicted molar refractivity (Wildman–Crippen MR) is 135 cm³/mol. The van der Waals surface area contributed by atoms with Crippen molar-refractivity contribution in [2.45, 2.75) is 19.0 Å². The Morgan fingerprint density at radius 2 is 1.46 bits per heavy atom. The van der Waals surface area contributed by atoms with Crippen LogP contribution in [0.25, 0.3) is 0 Å². The van der Waals surface area contributed by atoms with E-state index in [2.05, 4.69) is 15.5 Å². The van der Waals surface area contributed by atoms with Gasteiger partial charge in [0, 0.05) is 31.9 Å². The Hall–Kier alpha value is -3.55. The van der Waals surface area contributed by atoms with Gasteiger partial charge in [-0.2, -0.15) is 0 Å². The molecule has 7 heteroatoms. The van der Waals surface area contributed by atoms with Crippen molar-refractivity contribution in [2.75, 3.05) is 38.0 Å². The summed E-state index contributed by atoms with van der Waals surface area (Å²) in [5.41, 5.74) is 2.52. The largest absolute Gasteiger partial charge is 0.344 e. The summed E-state index contributed by atoms with van der Waals surface area (Å²) in [6.07, 6.45) is 0. The fourth-order valence-corrected chi connectivity index (χ4v) is 4.36. The summed E-state index contributed by atoms with van der Waals surface area (Å²) in [7, 11) is 0. The zero-order valence-corrected chi connectivity index (χ0v) is 19.9. The van der Waals surface area contributed by atoms with Gasteiger partial charge >= 0.3 is 0 Å². The second-order valence-electron chi connectivity index (χ2n) is 8.81. The van der Waals surface area contributed by atoms with Crippen LogP contribution in [-0.2, 0) is 9.59 Å². The second-order valence-corrected chi connectivity index (χ2v) is 8.81. The molecule has 35 heavy (non-hydrogen) atoms. The Morgan fingerprint density at radius 3 is 2.03 bits per heavy atom. The molecule has 1 heterocycles. The van der Waals surface area contributed by atoms with Gasteiger partial charge in [0.25, 0.3) is 0 Å². The van der Waals surface area contributed by atoms with Crippen molar-refractivity contribution in [2.24, 2.45) is 0 Å². The van der Waals surface area contributed by atoms with E-state index in [9.17, 15) is 14.0 Å². The summed E-state index contributed by atoms with van der Waals surface area (Å²) >= 11 is 0. The number of halogens is 1. The van der Waals surface area contributed by atoms with E-state index < -0.39 is 0 Å². The van der Waals surface area contributed by atoms with Crippen LogP contribution in [0.2, 0.25) is 0 Å². The highest BCUT2D eigenvalue weighted by Crippen LogP contribution is 2.22. The lowest BCUT2D eigenvalue weighted by Gasteiger charge is -2.37. The van der Waals surface area contributed by atoms with Crippen molar-refractivity contribution in [3.63, 3.8) is 0 Å². The summed E-state index contributed by atoms with van der Waals surface area (Å²) in [6, 6.07) is 25.3. The SMILES string of the molecule is C[C@@H](C(=O)NC(c1ccccc1)c1ccccc1)N1CCN(CC(=O)Nc2cccc(F)c2)CC1. The standard InChI is InChI=1S/C28H31FN4O2/c1-21(28(35)31-27(22-9-4-2-5-10-22)23-11-6-3-7-12-23)33-17-15-32(16-18-33)20-26(34)30-25-14-8-13-24(29)19-25/h2-14,19,21,27H,15-18,20H2,1H3,(H,30,34)(H,31,35)/t21-/m0/s1. The molecule has 0 saturated carbocycles. The number of amides is 2. The van der Waals surface area contributed by atoms with E-state index in [1.54, 1.807) is 12.1 Å². The fourth-order valence-electron chi connectivity index (χ4n) is 4.36. The van der Waals surface area contributed by atoms with Gasteiger partial charge in [-0.25, -0.2) is 4.39 Å². The normalized spacial score (nSPS) is 15.5. The number of nitrogens with one attached hydrogen (secondary N) is 2. The highest BCUT2D eigenvalue weighted by molar-refractivity contribution is 5.92.